The topological polar surface area (TPSA) is 78.4 Å². The molecular formula is C22H39N5O2. The smallest absolute Gasteiger partial charge is 0.274 e. The highest BCUT2D eigenvalue weighted by Gasteiger charge is 2.18. The summed E-state index contributed by atoms with van der Waals surface area (Å²) in [4.78, 5) is 37.6. The molecule has 1 rings (SSSR count). The lowest BCUT2D eigenvalue weighted by Crippen LogP contribution is -2.38. The van der Waals surface area contributed by atoms with Gasteiger partial charge in [-0.05, 0) is 52.7 Å². The van der Waals surface area contributed by atoms with Crippen molar-refractivity contribution in [1.29, 1.82) is 0 Å². The van der Waals surface area contributed by atoms with Gasteiger partial charge >= 0.3 is 0 Å². The number of unbranched alkanes of at least 4 members (excludes halogenated alkanes) is 1. The lowest BCUT2D eigenvalue weighted by molar-refractivity contribution is -0.121. The molecule has 2 amide bonds. The lowest BCUT2D eigenvalue weighted by Gasteiger charge is -2.23. The highest BCUT2D eigenvalue weighted by Crippen LogP contribution is 2.06. The number of nitrogens with one attached hydrogen (secondary N) is 1. The third kappa shape index (κ3) is 9.83. The molecule has 0 fully saturated rings. The molecule has 164 valence electrons. The summed E-state index contributed by atoms with van der Waals surface area (Å²) < 4.78 is 0. The van der Waals surface area contributed by atoms with E-state index in [-0.39, 0.29) is 17.9 Å². The molecule has 0 bridgehead atoms. The van der Waals surface area contributed by atoms with Crippen molar-refractivity contribution in [2.75, 3.05) is 32.7 Å². The first-order valence-corrected chi connectivity index (χ1v) is 11.0. The maximum atomic E-state index is 12.7. The molecule has 29 heavy (non-hydrogen) atoms. The van der Waals surface area contributed by atoms with Gasteiger partial charge < -0.3 is 15.1 Å². The van der Waals surface area contributed by atoms with Gasteiger partial charge in [-0.25, -0.2) is 4.98 Å². The number of aromatic nitrogens is 2. The normalized spacial score (nSPS) is 12.1. The number of hydrogen-bond acceptors (Lipinski definition) is 5. The molecule has 1 unspecified atom stereocenters. The highest BCUT2D eigenvalue weighted by atomic mass is 16.2. The van der Waals surface area contributed by atoms with Gasteiger partial charge in [-0.1, -0.05) is 27.2 Å². The number of carbonyl (C=O) groups excluding carboxylic acids is 2. The molecule has 0 aliphatic rings. The van der Waals surface area contributed by atoms with Crippen molar-refractivity contribution < 1.29 is 9.59 Å². The van der Waals surface area contributed by atoms with Gasteiger partial charge in [0, 0.05) is 31.7 Å². The standard InChI is InChI=1S/C22H39N5O2/c1-6-9-14-27(22(29)20-17-23-19(5)16-24-20)15-12-21(28)25-18(4)11-10-13-26(7-2)8-3/h16-18H,6-15H2,1-5H3,(H,25,28). The van der Waals surface area contributed by atoms with Crippen LogP contribution >= 0.6 is 0 Å². The second-order valence-electron chi connectivity index (χ2n) is 7.58. The maximum Gasteiger partial charge on any atom is 0.274 e. The zero-order valence-electron chi connectivity index (χ0n) is 18.9. The second kappa shape index (κ2) is 14.0. The minimum absolute atomic E-state index is 0.00960. The summed E-state index contributed by atoms with van der Waals surface area (Å²) in [5.41, 5.74) is 1.10. The van der Waals surface area contributed by atoms with Crippen molar-refractivity contribution >= 4 is 11.8 Å². The maximum absolute atomic E-state index is 12.7. The molecule has 0 saturated heterocycles. The van der Waals surface area contributed by atoms with E-state index in [2.05, 4.69) is 41.0 Å². The zero-order chi connectivity index (χ0) is 21.6. The number of nitrogens with zero attached hydrogens (tertiary/aromatic N) is 4. The van der Waals surface area contributed by atoms with Crippen LogP contribution in [0.25, 0.3) is 0 Å². The van der Waals surface area contributed by atoms with Gasteiger partial charge in [-0.3, -0.25) is 14.6 Å². The van der Waals surface area contributed by atoms with Crippen LogP contribution in [0, 0.1) is 6.92 Å². The first kappa shape index (κ1) is 25.0. The SMILES string of the molecule is CCCCN(CCC(=O)NC(C)CCCN(CC)CC)C(=O)c1cnc(C)cn1. The average molecular weight is 406 g/mol. The van der Waals surface area contributed by atoms with Crippen molar-refractivity contribution in [3.63, 3.8) is 0 Å². The molecule has 1 aromatic rings. The largest absolute Gasteiger partial charge is 0.354 e. The minimum atomic E-state index is -0.161. The predicted octanol–water partition coefficient (Wildman–Crippen LogP) is 3.04. The van der Waals surface area contributed by atoms with Crippen LogP contribution in [0.5, 0.6) is 0 Å². The number of carbonyl (C=O) groups is 2. The molecule has 7 heteroatoms. The van der Waals surface area contributed by atoms with E-state index in [1.807, 2.05) is 13.8 Å². The summed E-state index contributed by atoms with van der Waals surface area (Å²) in [5.74, 6) is -0.171. The first-order chi connectivity index (χ1) is 13.9. The van der Waals surface area contributed by atoms with E-state index in [1.54, 1.807) is 11.1 Å². The predicted molar refractivity (Wildman–Crippen MR) is 117 cm³/mol. The Morgan fingerprint density at radius 2 is 1.76 bits per heavy atom. The molecule has 1 N–H and O–H groups in total. The van der Waals surface area contributed by atoms with Crippen molar-refractivity contribution in [3.05, 3.63) is 23.8 Å². The third-order valence-electron chi connectivity index (χ3n) is 5.09. The Morgan fingerprint density at radius 1 is 1.03 bits per heavy atom. The van der Waals surface area contributed by atoms with Crippen LogP contribution < -0.4 is 5.32 Å². The van der Waals surface area contributed by atoms with Gasteiger partial charge in [0.2, 0.25) is 5.91 Å². The summed E-state index contributed by atoms with van der Waals surface area (Å²) in [6.45, 7) is 14.5. The van der Waals surface area contributed by atoms with Gasteiger partial charge in [0.1, 0.15) is 5.69 Å². The first-order valence-electron chi connectivity index (χ1n) is 11.0. The van der Waals surface area contributed by atoms with Crippen molar-refractivity contribution in [2.45, 2.75) is 72.8 Å². The molecule has 0 aromatic carbocycles. The van der Waals surface area contributed by atoms with Crippen LogP contribution in [0.4, 0.5) is 0 Å². The fraction of sp³-hybridized carbons (Fsp3) is 0.727. The van der Waals surface area contributed by atoms with E-state index >= 15 is 0 Å². The molecule has 1 atom stereocenters. The second-order valence-corrected chi connectivity index (χ2v) is 7.58. The monoisotopic (exact) mass is 405 g/mol. The van der Waals surface area contributed by atoms with Crippen LogP contribution in [-0.2, 0) is 4.79 Å². The molecule has 7 nitrogen and oxygen atoms in total. The van der Waals surface area contributed by atoms with Gasteiger partial charge in [0.05, 0.1) is 11.9 Å². The quantitative estimate of drug-likeness (QED) is 0.515. The molecule has 1 heterocycles. The number of aryl methyl sites for hydroxylation is 1. The zero-order valence-corrected chi connectivity index (χ0v) is 18.9. The number of hydrogen-bond donors (Lipinski definition) is 1. The molecule has 0 spiro atoms. The van der Waals surface area contributed by atoms with Gasteiger partial charge in [0.25, 0.3) is 5.91 Å². The summed E-state index contributed by atoms with van der Waals surface area (Å²) >= 11 is 0. The lowest BCUT2D eigenvalue weighted by atomic mass is 10.1. The van der Waals surface area contributed by atoms with E-state index in [0.29, 0.717) is 25.2 Å². The number of rotatable bonds is 14. The summed E-state index contributed by atoms with van der Waals surface area (Å²) in [6.07, 6.45) is 7.31. The Hall–Kier alpha value is -2.02. The summed E-state index contributed by atoms with van der Waals surface area (Å²) in [7, 11) is 0. The van der Waals surface area contributed by atoms with Crippen LogP contribution in [0.2, 0.25) is 0 Å². The molecule has 0 saturated carbocycles. The van der Waals surface area contributed by atoms with Crippen LogP contribution in [-0.4, -0.2) is 70.3 Å². The highest BCUT2D eigenvalue weighted by molar-refractivity contribution is 5.92. The Morgan fingerprint density at radius 3 is 2.34 bits per heavy atom. The fourth-order valence-corrected chi connectivity index (χ4v) is 3.15. The van der Waals surface area contributed by atoms with Gasteiger partial charge in [0.15, 0.2) is 0 Å². The Labute approximate surface area is 176 Å². The van der Waals surface area contributed by atoms with Crippen LogP contribution in [0.3, 0.4) is 0 Å². The van der Waals surface area contributed by atoms with E-state index < -0.39 is 0 Å². The molecule has 1 aromatic heterocycles. The van der Waals surface area contributed by atoms with E-state index in [0.717, 1.165) is 51.0 Å². The third-order valence-corrected chi connectivity index (χ3v) is 5.09. The molecular weight excluding hydrogens is 366 g/mol. The molecule has 0 radical (unpaired) electrons. The summed E-state index contributed by atoms with van der Waals surface area (Å²) in [6, 6.07) is 0.140. The van der Waals surface area contributed by atoms with Crippen LogP contribution in [0.1, 0.15) is 76.0 Å². The fourth-order valence-electron chi connectivity index (χ4n) is 3.15. The minimum Gasteiger partial charge on any atom is -0.354 e. The summed E-state index contributed by atoms with van der Waals surface area (Å²) in [5, 5.41) is 3.06. The average Bonchev–Trinajstić information content (AvgIpc) is 2.71. The Kier molecular flexibility index (Phi) is 12.1. The van der Waals surface area contributed by atoms with Crippen LogP contribution in [0.15, 0.2) is 12.4 Å². The Bertz CT molecular complexity index is 602. The molecule has 0 aliphatic heterocycles. The van der Waals surface area contributed by atoms with Crippen molar-refractivity contribution in [3.8, 4) is 0 Å². The number of amides is 2. The van der Waals surface area contributed by atoms with Crippen molar-refractivity contribution in [1.82, 2.24) is 25.1 Å². The van der Waals surface area contributed by atoms with E-state index in [9.17, 15) is 9.59 Å². The van der Waals surface area contributed by atoms with Crippen molar-refractivity contribution in [2.24, 2.45) is 0 Å². The molecule has 0 aliphatic carbocycles. The van der Waals surface area contributed by atoms with Gasteiger partial charge in [-0.15, -0.1) is 0 Å². The van der Waals surface area contributed by atoms with Gasteiger partial charge in [-0.2, -0.15) is 0 Å². The van der Waals surface area contributed by atoms with E-state index in [4.69, 9.17) is 0 Å². The Balaban J connectivity index is 2.48. The van der Waals surface area contributed by atoms with E-state index in [1.165, 1.54) is 6.20 Å².